The molecule has 0 heterocycles. The van der Waals surface area contributed by atoms with Crippen LogP contribution in [0.2, 0.25) is 5.02 Å². The first-order valence-electron chi connectivity index (χ1n) is 5.49. The molecule has 0 aliphatic heterocycles. The predicted octanol–water partition coefficient (Wildman–Crippen LogP) is 5.00. The Morgan fingerprint density at radius 1 is 1.22 bits per heavy atom. The molecule has 0 amide bonds. The number of hydrogen-bond acceptors (Lipinski definition) is 1. The van der Waals surface area contributed by atoms with Crippen molar-refractivity contribution in [3.8, 4) is 0 Å². The van der Waals surface area contributed by atoms with Gasteiger partial charge in [0, 0.05) is 20.8 Å². The molecule has 0 radical (unpaired) electrons. The largest absolute Gasteiger partial charge is 0.381 e. The maximum absolute atomic E-state index is 13.2. The van der Waals surface area contributed by atoms with Crippen LogP contribution in [0.3, 0.4) is 0 Å². The van der Waals surface area contributed by atoms with E-state index in [4.69, 9.17) is 11.6 Å². The fourth-order valence-electron chi connectivity index (χ4n) is 1.62. The normalized spacial score (nSPS) is 10.4. The monoisotopic (exact) mass is 375 g/mol. The number of rotatable bonds is 3. The molecule has 0 aliphatic carbocycles. The van der Waals surface area contributed by atoms with Gasteiger partial charge in [0.15, 0.2) is 0 Å². The van der Waals surface area contributed by atoms with Gasteiger partial charge >= 0.3 is 0 Å². The Kier molecular flexibility index (Phi) is 4.45. The lowest BCUT2D eigenvalue weighted by molar-refractivity contribution is 0.626. The van der Waals surface area contributed by atoms with Crippen LogP contribution in [0.25, 0.3) is 0 Å². The van der Waals surface area contributed by atoms with Gasteiger partial charge in [-0.15, -0.1) is 0 Å². The third-order valence-corrected chi connectivity index (χ3v) is 3.97. The summed E-state index contributed by atoms with van der Waals surface area (Å²) in [5, 5.41) is 3.67. The van der Waals surface area contributed by atoms with Crippen molar-refractivity contribution in [2.45, 2.75) is 13.5 Å². The molecule has 0 aliphatic rings. The van der Waals surface area contributed by atoms with Gasteiger partial charge in [-0.05, 0) is 71.0 Å². The van der Waals surface area contributed by atoms with Crippen LogP contribution in [0.5, 0.6) is 0 Å². The Balaban J connectivity index is 2.08. The van der Waals surface area contributed by atoms with E-state index in [2.05, 4.69) is 47.0 Å². The quantitative estimate of drug-likeness (QED) is 0.744. The average molecular weight is 376 g/mol. The highest BCUT2D eigenvalue weighted by molar-refractivity contribution is 14.1. The first kappa shape index (κ1) is 13.6. The van der Waals surface area contributed by atoms with E-state index in [1.807, 2.05) is 6.07 Å². The van der Waals surface area contributed by atoms with Crippen LogP contribution in [0.4, 0.5) is 10.1 Å². The molecule has 0 unspecified atom stereocenters. The molecule has 4 heteroatoms. The van der Waals surface area contributed by atoms with Gasteiger partial charge in [-0.25, -0.2) is 4.39 Å². The maximum atomic E-state index is 13.2. The van der Waals surface area contributed by atoms with E-state index >= 15 is 0 Å². The number of anilines is 1. The predicted molar refractivity (Wildman–Crippen MR) is 82.6 cm³/mol. The van der Waals surface area contributed by atoms with Gasteiger partial charge in [0.2, 0.25) is 0 Å². The topological polar surface area (TPSA) is 12.0 Å². The zero-order valence-corrected chi connectivity index (χ0v) is 12.7. The Hall–Kier alpha value is -0.810. The number of benzene rings is 2. The van der Waals surface area contributed by atoms with E-state index in [9.17, 15) is 4.39 Å². The molecule has 0 saturated heterocycles. The van der Waals surface area contributed by atoms with Gasteiger partial charge in [-0.1, -0.05) is 17.7 Å². The molecule has 2 aromatic carbocycles. The van der Waals surface area contributed by atoms with Crippen LogP contribution < -0.4 is 5.32 Å². The number of hydrogen-bond donors (Lipinski definition) is 1. The highest BCUT2D eigenvalue weighted by Gasteiger charge is 2.01. The van der Waals surface area contributed by atoms with Crippen LogP contribution in [-0.4, -0.2) is 0 Å². The average Bonchev–Trinajstić information content (AvgIpc) is 2.29. The van der Waals surface area contributed by atoms with Gasteiger partial charge in [0.1, 0.15) is 5.82 Å². The van der Waals surface area contributed by atoms with Crippen LogP contribution in [0, 0.1) is 16.3 Å². The molecule has 0 fully saturated rings. The van der Waals surface area contributed by atoms with E-state index in [1.54, 1.807) is 6.07 Å². The second-order valence-corrected chi connectivity index (χ2v) is 5.69. The number of aryl methyl sites for hydroxylation is 1. The molecule has 0 atom stereocenters. The van der Waals surface area contributed by atoms with Crippen molar-refractivity contribution in [3.63, 3.8) is 0 Å². The van der Waals surface area contributed by atoms with E-state index in [0.717, 1.165) is 11.3 Å². The third kappa shape index (κ3) is 3.59. The molecule has 1 nitrogen and oxygen atoms in total. The zero-order valence-electron chi connectivity index (χ0n) is 9.81. The second-order valence-electron chi connectivity index (χ2n) is 4.10. The van der Waals surface area contributed by atoms with Crippen molar-refractivity contribution in [1.82, 2.24) is 0 Å². The number of halogens is 3. The zero-order chi connectivity index (χ0) is 13.1. The van der Waals surface area contributed by atoms with Crippen molar-refractivity contribution in [3.05, 3.63) is 61.9 Å². The van der Waals surface area contributed by atoms with Gasteiger partial charge < -0.3 is 5.32 Å². The molecular formula is C14H12ClFIN. The summed E-state index contributed by atoms with van der Waals surface area (Å²) in [7, 11) is 0. The van der Waals surface area contributed by atoms with Gasteiger partial charge in [0.05, 0.1) is 0 Å². The molecule has 0 bridgehead atoms. The fourth-order valence-corrected chi connectivity index (χ4v) is 2.38. The molecule has 0 spiro atoms. The lowest BCUT2D eigenvalue weighted by Gasteiger charge is -2.08. The fraction of sp³-hybridized carbons (Fsp3) is 0.143. The SMILES string of the molecule is Cc1ccc(NCc2cc(F)cc(Cl)c2)cc1I. The Morgan fingerprint density at radius 3 is 2.67 bits per heavy atom. The van der Waals surface area contributed by atoms with Crippen molar-refractivity contribution in [1.29, 1.82) is 0 Å². The molecule has 2 rings (SSSR count). The van der Waals surface area contributed by atoms with Crippen LogP contribution >= 0.6 is 34.2 Å². The number of nitrogens with one attached hydrogen (secondary N) is 1. The van der Waals surface area contributed by atoms with E-state index in [1.165, 1.54) is 21.3 Å². The molecular weight excluding hydrogens is 364 g/mol. The van der Waals surface area contributed by atoms with Crippen LogP contribution in [0.15, 0.2) is 36.4 Å². The molecule has 0 aromatic heterocycles. The standard InChI is InChI=1S/C14H12ClFIN/c1-9-2-3-13(7-14(9)17)18-8-10-4-11(15)6-12(16)5-10/h2-7,18H,8H2,1H3. The summed E-state index contributed by atoms with van der Waals surface area (Å²) in [6.45, 7) is 2.62. The first-order valence-corrected chi connectivity index (χ1v) is 6.95. The summed E-state index contributed by atoms with van der Waals surface area (Å²) in [4.78, 5) is 0. The Bertz CT molecular complexity index is 551. The van der Waals surface area contributed by atoms with Crippen molar-refractivity contribution in [2.24, 2.45) is 0 Å². The van der Waals surface area contributed by atoms with Gasteiger partial charge in [-0.3, -0.25) is 0 Å². The molecule has 94 valence electrons. The third-order valence-electron chi connectivity index (χ3n) is 2.59. The minimum absolute atomic E-state index is 0.308. The molecule has 2 aromatic rings. The first-order chi connectivity index (χ1) is 8.54. The van der Waals surface area contributed by atoms with Crippen molar-refractivity contribution >= 4 is 39.9 Å². The minimum Gasteiger partial charge on any atom is -0.381 e. The lowest BCUT2D eigenvalue weighted by Crippen LogP contribution is -2.00. The van der Waals surface area contributed by atoms with Crippen LogP contribution in [0.1, 0.15) is 11.1 Å². The van der Waals surface area contributed by atoms with E-state index in [-0.39, 0.29) is 5.82 Å². The molecule has 18 heavy (non-hydrogen) atoms. The van der Waals surface area contributed by atoms with E-state index < -0.39 is 0 Å². The second kappa shape index (κ2) is 5.89. The Morgan fingerprint density at radius 2 is 2.00 bits per heavy atom. The maximum Gasteiger partial charge on any atom is 0.125 e. The minimum atomic E-state index is -0.308. The highest BCUT2D eigenvalue weighted by atomic mass is 127. The molecule has 1 N–H and O–H groups in total. The Labute approximate surface area is 124 Å². The summed E-state index contributed by atoms with van der Waals surface area (Å²) >= 11 is 8.10. The highest BCUT2D eigenvalue weighted by Crippen LogP contribution is 2.19. The summed E-state index contributed by atoms with van der Waals surface area (Å²) in [5.74, 6) is -0.308. The van der Waals surface area contributed by atoms with Crippen molar-refractivity contribution in [2.75, 3.05) is 5.32 Å². The lowest BCUT2D eigenvalue weighted by atomic mass is 10.2. The molecule has 0 saturated carbocycles. The van der Waals surface area contributed by atoms with Gasteiger partial charge in [-0.2, -0.15) is 0 Å². The van der Waals surface area contributed by atoms with Crippen molar-refractivity contribution < 1.29 is 4.39 Å². The summed E-state index contributed by atoms with van der Waals surface area (Å²) in [6, 6.07) is 10.7. The summed E-state index contributed by atoms with van der Waals surface area (Å²) in [6.07, 6.45) is 0. The van der Waals surface area contributed by atoms with E-state index in [0.29, 0.717) is 11.6 Å². The smallest absolute Gasteiger partial charge is 0.125 e. The summed E-state index contributed by atoms with van der Waals surface area (Å²) in [5.41, 5.74) is 3.09. The van der Waals surface area contributed by atoms with Gasteiger partial charge in [0.25, 0.3) is 0 Å². The van der Waals surface area contributed by atoms with Crippen LogP contribution in [-0.2, 0) is 6.54 Å². The summed E-state index contributed by atoms with van der Waals surface area (Å²) < 4.78 is 14.4.